The number of rotatable bonds is 2. The first-order valence-corrected chi connectivity index (χ1v) is 5.18. The molecule has 1 atom stereocenters. The van der Waals surface area contributed by atoms with E-state index < -0.39 is 17.8 Å². The van der Waals surface area contributed by atoms with Gasteiger partial charge in [0.25, 0.3) is 11.9 Å². The number of aromatic nitrogens is 3. The quantitative estimate of drug-likeness (QED) is 0.565. The van der Waals surface area contributed by atoms with Crippen molar-refractivity contribution < 1.29 is 14.7 Å². The summed E-state index contributed by atoms with van der Waals surface area (Å²) in [6.07, 6.45) is 2.82. The molecule has 1 aromatic heterocycles. The van der Waals surface area contributed by atoms with Crippen molar-refractivity contribution in [3.63, 3.8) is 0 Å². The Morgan fingerprint density at radius 3 is 3.00 bits per heavy atom. The molecule has 0 aliphatic carbocycles. The van der Waals surface area contributed by atoms with Crippen LogP contribution in [-0.2, 0) is 4.79 Å². The summed E-state index contributed by atoms with van der Waals surface area (Å²) < 4.78 is 0.921. The number of carboxylic acid groups (broad SMARTS) is 1. The molecule has 1 aliphatic heterocycles. The molecular weight excluding hydrogens is 220 g/mol. The van der Waals surface area contributed by atoms with E-state index in [0.717, 1.165) is 10.9 Å². The molecule has 2 rings (SSSR count). The molecule has 15 heavy (non-hydrogen) atoms. The van der Waals surface area contributed by atoms with Crippen molar-refractivity contribution in [2.45, 2.75) is 5.16 Å². The van der Waals surface area contributed by atoms with Crippen molar-refractivity contribution in [1.29, 1.82) is 0 Å². The average molecular weight is 226 g/mol. The smallest absolute Gasteiger partial charge is 0.321 e. The molecular formula is C7H6N4O3S. The first kappa shape index (κ1) is 9.84. The minimum absolute atomic E-state index is 0.127. The Morgan fingerprint density at radius 1 is 1.67 bits per heavy atom. The lowest BCUT2D eigenvalue weighted by molar-refractivity contribution is -0.138. The molecule has 0 amide bonds. The molecule has 0 saturated heterocycles. The van der Waals surface area contributed by atoms with Crippen molar-refractivity contribution >= 4 is 35.8 Å². The number of carbonyl (C=O) groups is 2. The molecule has 0 spiro atoms. The fourth-order valence-electron chi connectivity index (χ4n) is 1.11. The molecule has 0 aromatic carbocycles. The molecule has 0 radical (unpaired) electrons. The Morgan fingerprint density at radius 2 is 2.40 bits per heavy atom. The van der Waals surface area contributed by atoms with E-state index in [1.54, 1.807) is 6.26 Å². The van der Waals surface area contributed by atoms with Gasteiger partial charge in [0, 0.05) is 6.21 Å². The van der Waals surface area contributed by atoms with Crippen LogP contribution in [0.3, 0.4) is 0 Å². The predicted octanol–water partition coefficient (Wildman–Crippen LogP) is 0.0569. The second kappa shape index (κ2) is 3.46. The number of fused-ring (bicyclic) bond motifs is 1. The molecule has 78 valence electrons. The predicted molar refractivity (Wildman–Crippen MR) is 51.7 cm³/mol. The van der Waals surface area contributed by atoms with Crippen LogP contribution in [0.15, 0.2) is 10.1 Å². The highest BCUT2D eigenvalue weighted by atomic mass is 32.2. The number of aliphatic imine (C=N–C) groups is 1. The number of thioether (sulfide) groups is 1. The van der Waals surface area contributed by atoms with Crippen LogP contribution in [0, 0.1) is 5.92 Å². The van der Waals surface area contributed by atoms with Crippen molar-refractivity contribution in [1.82, 2.24) is 14.8 Å². The fraction of sp³-hybridized carbons (Fsp3) is 0.286. The number of carbonyl (C=O) groups excluding carboxylic acids is 1. The van der Waals surface area contributed by atoms with Gasteiger partial charge >= 0.3 is 5.97 Å². The Bertz CT molecular complexity index is 467. The van der Waals surface area contributed by atoms with E-state index in [1.807, 2.05) is 0 Å². The third-order valence-corrected chi connectivity index (χ3v) is 2.37. The van der Waals surface area contributed by atoms with Crippen LogP contribution in [0.2, 0.25) is 0 Å². The summed E-state index contributed by atoms with van der Waals surface area (Å²) in [5.74, 6) is -3.02. The van der Waals surface area contributed by atoms with E-state index in [-0.39, 0.29) is 5.95 Å². The Balaban J connectivity index is 2.44. The van der Waals surface area contributed by atoms with Gasteiger partial charge in [-0.15, -0.1) is 5.10 Å². The van der Waals surface area contributed by atoms with Gasteiger partial charge in [0.2, 0.25) is 5.16 Å². The molecule has 0 fully saturated rings. The number of aliphatic carboxylic acids is 1. The Kier molecular flexibility index (Phi) is 2.27. The van der Waals surface area contributed by atoms with Gasteiger partial charge in [0.05, 0.1) is 0 Å². The lowest BCUT2D eigenvalue weighted by atomic mass is 10.1. The number of hydrogen-bond donors (Lipinski definition) is 1. The van der Waals surface area contributed by atoms with Crippen LogP contribution >= 0.6 is 11.8 Å². The summed E-state index contributed by atoms with van der Waals surface area (Å²) in [6.45, 7) is 0. The maximum Gasteiger partial charge on any atom is 0.321 e. The summed E-state index contributed by atoms with van der Waals surface area (Å²) in [5.41, 5.74) is 0. The van der Waals surface area contributed by atoms with E-state index in [9.17, 15) is 9.59 Å². The third-order valence-electron chi connectivity index (χ3n) is 1.83. The Labute approximate surface area is 88.2 Å². The molecule has 0 saturated carbocycles. The van der Waals surface area contributed by atoms with Crippen molar-refractivity contribution in [2.24, 2.45) is 10.9 Å². The van der Waals surface area contributed by atoms with E-state index in [0.29, 0.717) is 5.16 Å². The van der Waals surface area contributed by atoms with Gasteiger partial charge in [0.1, 0.15) is 0 Å². The monoisotopic (exact) mass is 226 g/mol. The molecule has 8 heteroatoms. The van der Waals surface area contributed by atoms with E-state index in [1.165, 1.54) is 11.8 Å². The van der Waals surface area contributed by atoms with E-state index in [2.05, 4.69) is 15.1 Å². The van der Waals surface area contributed by atoms with Gasteiger partial charge in [-0.2, -0.15) is 9.67 Å². The van der Waals surface area contributed by atoms with Gasteiger partial charge in [-0.25, -0.2) is 4.99 Å². The maximum atomic E-state index is 11.6. The second-order valence-electron chi connectivity index (χ2n) is 2.74. The molecule has 1 N–H and O–H groups in total. The van der Waals surface area contributed by atoms with Gasteiger partial charge in [-0.3, -0.25) is 9.59 Å². The number of nitrogens with zero attached hydrogens (tertiary/aromatic N) is 4. The van der Waals surface area contributed by atoms with Crippen LogP contribution in [-0.4, -0.2) is 44.2 Å². The van der Waals surface area contributed by atoms with Gasteiger partial charge in [0.15, 0.2) is 5.92 Å². The highest BCUT2D eigenvalue weighted by molar-refractivity contribution is 7.98. The molecule has 1 aliphatic rings. The first-order chi connectivity index (χ1) is 7.13. The summed E-state index contributed by atoms with van der Waals surface area (Å²) in [4.78, 5) is 29.9. The molecule has 1 unspecified atom stereocenters. The van der Waals surface area contributed by atoms with Crippen LogP contribution in [0.4, 0.5) is 5.95 Å². The highest BCUT2D eigenvalue weighted by Gasteiger charge is 2.32. The largest absolute Gasteiger partial charge is 0.480 e. The SMILES string of the molecule is CSc1nc2n(n1)C(=O)C(C(=O)O)C=N2. The zero-order chi connectivity index (χ0) is 11.0. The summed E-state index contributed by atoms with van der Waals surface area (Å²) in [7, 11) is 0. The number of hydrogen-bond acceptors (Lipinski definition) is 6. The van der Waals surface area contributed by atoms with Crippen LogP contribution < -0.4 is 0 Å². The normalized spacial score (nSPS) is 19.0. The average Bonchev–Trinajstić information content (AvgIpc) is 2.61. The van der Waals surface area contributed by atoms with Gasteiger partial charge in [-0.1, -0.05) is 11.8 Å². The third kappa shape index (κ3) is 1.52. The summed E-state index contributed by atoms with van der Waals surface area (Å²) in [5, 5.41) is 12.9. The highest BCUT2D eigenvalue weighted by Crippen LogP contribution is 2.20. The van der Waals surface area contributed by atoms with Gasteiger partial charge < -0.3 is 5.11 Å². The van der Waals surface area contributed by atoms with Crippen molar-refractivity contribution in [3.05, 3.63) is 0 Å². The lowest BCUT2D eigenvalue weighted by Gasteiger charge is -2.09. The molecule has 0 bridgehead atoms. The lowest BCUT2D eigenvalue weighted by Crippen LogP contribution is -2.32. The second-order valence-corrected chi connectivity index (χ2v) is 3.52. The zero-order valence-corrected chi connectivity index (χ0v) is 8.43. The van der Waals surface area contributed by atoms with Crippen molar-refractivity contribution in [3.8, 4) is 0 Å². The first-order valence-electron chi connectivity index (χ1n) is 3.95. The minimum atomic E-state index is -1.27. The molecule has 2 heterocycles. The van der Waals surface area contributed by atoms with E-state index in [4.69, 9.17) is 5.11 Å². The summed E-state index contributed by atoms with van der Waals surface area (Å²) >= 11 is 1.26. The van der Waals surface area contributed by atoms with Crippen LogP contribution in [0.25, 0.3) is 0 Å². The van der Waals surface area contributed by atoms with E-state index >= 15 is 0 Å². The topological polar surface area (TPSA) is 97.4 Å². The minimum Gasteiger partial charge on any atom is -0.480 e. The van der Waals surface area contributed by atoms with Crippen LogP contribution in [0.5, 0.6) is 0 Å². The summed E-state index contributed by atoms with van der Waals surface area (Å²) in [6, 6.07) is 0. The fourth-order valence-corrected chi connectivity index (χ4v) is 1.45. The number of carboxylic acids is 1. The van der Waals surface area contributed by atoms with Gasteiger partial charge in [-0.05, 0) is 6.26 Å². The molecule has 7 nitrogen and oxygen atoms in total. The van der Waals surface area contributed by atoms with Crippen molar-refractivity contribution in [2.75, 3.05) is 6.26 Å². The zero-order valence-electron chi connectivity index (χ0n) is 7.62. The van der Waals surface area contributed by atoms with Crippen LogP contribution in [0.1, 0.15) is 4.79 Å². The molecule has 1 aromatic rings. The standard InChI is InChI=1S/C7H6N4O3S/c1-15-7-9-6-8-2-3(5(13)14)4(12)11(6)10-7/h2-3H,1H3,(H,13,14). The maximum absolute atomic E-state index is 11.6. The Hall–Kier alpha value is -1.70.